The highest BCUT2D eigenvalue weighted by molar-refractivity contribution is 9.10. The number of fused-ring (bicyclic) bond motifs is 4. The molecule has 39 heavy (non-hydrogen) atoms. The Bertz CT molecular complexity index is 1830. The molecule has 1 amide bonds. The number of carbonyl (C=O) groups is 1. The molecule has 0 radical (unpaired) electrons. The third-order valence-electron chi connectivity index (χ3n) is 7.71. The summed E-state index contributed by atoms with van der Waals surface area (Å²) >= 11 is 3.52. The van der Waals surface area contributed by atoms with Crippen molar-refractivity contribution >= 4 is 38.5 Å². The fourth-order valence-electron chi connectivity index (χ4n) is 5.69. The minimum absolute atomic E-state index is 0.0451. The van der Waals surface area contributed by atoms with Crippen LogP contribution >= 0.6 is 15.9 Å². The Morgan fingerprint density at radius 3 is 2.72 bits per heavy atom. The van der Waals surface area contributed by atoms with Crippen molar-refractivity contribution in [2.45, 2.75) is 53.1 Å². The van der Waals surface area contributed by atoms with Gasteiger partial charge in [0.25, 0.3) is 11.5 Å². The fraction of sp³-hybridized carbons (Fsp3) is 0.333. The number of nitrogens with zero attached hydrogens (tertiary/aromatic N) is 6. The van der Waals surface area contributed by atoms with Gasteiger partial charge in [-0.2, -0.15) is 5.10 Å². The maximum atomic E-state index is 14.3. The van der Waals surface area contributed by atoms with Crippen LogP contribution in [-0.2, 0) is 26.4 Å². The van der Waals surface area contributed by atoms with E-state index in [4.69, 9.17) is 5.10 Å². The second kappa shape index (κ2) is 9.48. The summed E-state index contributed by atoms with van der Waals surface area (Å²) in [6.45, 7) is 8.62. The smallest absolute Gasteiger partial charge is 0.261 e. The Labute approximate surface area is 235 Å². The standard InChI is InChI=1S/C30H31BrN6O2/c1-17(2)10-21-14-33-37-27-15-35(29(38)20-6-8-24(31)18(3)11-20)19(4)12-23(27)30(39)36(28(21)37)22-7-9-26-25(13-22)32-16-34(26)5/h6-9,11,13-14,16-17,19H,10,12,15H2,1-5H3/t19-/m0/s1. The molecule has 0 saturated carbocycles. The van der Waals surface area contributed by atoms with Crippen molar-refractivity contribution < 1.29 is 4.79 Å². The first-order valence-corrected chi connectivity index (χ1v) is 14.0. The van der Waals surface area contributed by atoms with E-state index in [0.29, 0.717) is 30.0 Å². The minimum Gasteiger partial charge on any atom is -0.334 e. The highest BCUT2D eigenvalue weighted by atomic mass is 79.9. The second-order valence-electron chi connectivity index (χ2n) is 11.0. The van der Waals surface area contributed by atoms with E-state index in [-0.39, 0.29) is 17.5 Å². The van der Waals surface area contributed by atoms with Crippen LogP contribution in [0.15, 0.2) is 58.2 Å². The maximum Gasteiger partial charge on any atom is 0.261 e. The van der Waals surface area contributed by atoms with E-state index in [1.165, 1.54) is 0 Å². The van der Waals surface area contributed by atoms with Crippen LogP contribution in [-0.4, -0.2) is 40.6 Å². The van der Waals surface area contributed by atoms with Crippen LogP contribution in [0.2, 0.25) is 0 Å². The van der Waals surface area contributed by atoms with Crippen molar-refractivity contribution in [2.75, 3.05) is 0 Å². The molecule has 0 saturated heterocycles. The summed E-state index contributed by atoms with van der Waals surface area (Å²) in [7, 11) is 1.96. The molecule has 0 N–H and O–H groups in total. The van der Waals surface area contributed by atoms with Gasteiger partial charge < -0.3 is 9.47 Å². The van der Waals surface area contributed by atoms with E-state index in [9.17, 15) is 9.59 Å². The molecule has 0 aliphatic carbocycles. The predicted molar refractivity (Wildman–Crippen MR) is 156 cm³/mol. The van der Waals surface area contributed by atoms with Crippen LogP contribution < -0.4 is 5.56 Å². The molecular formula is C30H31BrN6O2. The lowest BCUT2D eigenvalue weighted by Crippen LogP contribution is -2.46. The molecule has 0 spiro atoms. The van der Waals surface area contributed by atoms with E-state index in [1.54, 1.807) is 10.9 Å². The average molecular weight is 588 g/mol. The molecule has 8 nitrogen and oxygen atoms in total. The summed E-state index contributed by atoms with van der Waals surface area (Å²) in [6, 6.07) is 11.5. The number of carbonyl (C=O) groups excluding carboxylic acids is 1. The molecule has 3 aromatic heterocycles. The summed E-state index contributed by atoms with van der Waals surface area (Å²) in [4.78, 5) is 34.3. The molecule has 0 fully saturated rings. The van der Waals surface area contributed by atoms with Crippen LogP contribution in [0.1, 0.15) is 53.5 Å². The summed E-state index contributed by atoms with van der Waals surface area (Å²) in [5.74, 6) is 0.339. The predicted octanol–water partition coefficient (Wildman–Crippen LogP) is 5.23. The number of halogens is 1. The lowest BCUT2D eigenvalue weighted by atomic mass is 9.97. The van der Waals surface area contributed by atoms with Crippen LogP contribution in [0.5, 0.6) is 0 Å². The number of benzene rings is 2. The van der Waals surface area contributed by atoms with Gasteiger partial charge in [0.05, 0.1) is 41.5 Å². The Balaban J connectivity index is 1.53. The lowest BCUT2D eigenvalue weighted by Gasteiger charge is -2.35. The first kappa shape index (κ1) is 25.6. The van der Waals surface area contributed by atoms with Crippen molar-refractivity contribution in [1.82, 2.24) is 28.6 Å². The van der Waals surface area contributed by atoms with Crippen molar-refractivity contribution in [3.63, 3.8) is 0 Å². The molecule has 2 aromatic carbocycles. The molecule has 6 rings (SSSR count). The van der Waals surface area contributed by atoms with Gasteiger partial charge in [-0.3, -0.25) is 14.2 Å². The van der Waals surface area contributed by atoms with Crippen LogP contribution in [0, 0.1) is 12.8 Å². The van der Waals surface area contributed by atoms with Gasteiger partial charge in [-0.05, 0) is 74.6 Å². The quantitative estimate of drug-likeness (QED) is 0.289. The van der Waals surface area contributed by atoms with Crippen molar-refractivity contribution in [3.8, 4) is 5.69 Å². The molecule has 5 aromatic rings. The molecule has 4 heterocycles. The van der Waals surface area contributed by atoms with Gasteiger partial charge in [-0.15, -0.1) is 0 Å². The van der Waals surface area contributed by atoms with Crippen LogP contribution in [0.25, 0.3) is 22.4 Å². The van der Waals surface area contributed by atoms with Crippen LogP contribution in [0.4, 0.5) is 0 Å². The zero-order chi connectivity index (χ0) is 27.6. The van der Waals surface area contributed by atoms with E-state index < -0.39 is 0 Å². The molecule has 0 bridgehead atoms. The summed E-state index contributed by atoms with van der Waals surface area (Å²) in [6.07, 6.45) is 4.89. The number of imidazole rings is 1. The molecular weight excluding hydrogens is 556 g/mol. The zero-order valence-corrected chi connectivity index (χ0v) is 24.4. The minimum atomic E-state index is -0.142. The highest BCUT2D eigenvalue weighted by Crippen LogP contribution is 2.28. The van der Waals surface area contributed by atoms with Crippen molar-refractivity contribution in [1.29, 1.82) is 0 Å². The lowest BCUT2D eigenvalue weighted by molar-refractivity contribution is 0.0651. The van der Waals surface area contributed by atoms with E-state index >= 15 is 0 Å². The first-order chi connectivity index (χ1) is 18.6. The van der Waals surface area contributed by atoms with E-state index in [0.717, 1.165) is 50.1 Å². The monoisotopic (exact) mass is 586 g/mol. The van der Waals surface area contributed by atoms with E-state index in [1.807, 2.05) is 77.5 Å². The number of rotatable bonds is 4. The van der Waals surface area contributed by atoms with Gasteiger partial charge >= 0.3 is 0 Å². The zero-order valence-electron chi connectivity index (χ0n) is 22.8. The third-order valence-corrected chi connectivity index (χ3v) is 8.60. The van der Waals surface area contributed by atoms with Crippen LogP contribution in [0.3, 0.4) is 0 Å². The molecule has 0 unspecified atom stereocenters. The summed E-state index contributed by atoms with van der Waals surface area (Å²) < 4.78 is 6.61. The van der Waals surface area contributed by atoms with Crippen molar-refractivity contribution in [3.05, 3.63) is 91.7 Å². The molecule has 1 aliphatic rings. The largest absolute Gasteiger partial charge is 0.334 e. The first-order valence-electron chi connectivity index (χ1n) is 13.3. The topological polar surface area (TPSA) is 77.4 Å². The van der Waals surface area contributed by atoms with Crippen molar-refractivity contribution in [2.24, 2.45) is 13.0 Å². The van der Waals surface area contributed by atoms with Gasteiger partial charge in [0.1, 0.15) is 5.65 Å². The Morgan fingerprint density at radius 1 is 1.18 bits per heavy atom. The Kier molecular flexibility index (Phi) is 6.21. The molecule has 1 aliphatic heterocycles. The number of hydrogen-bond donors (Lipinski definition) is 0. The normalized spacial score (nSPS) is 15.5. The van der Waals surface area contributed by atoms with Gasteiger partial charge in [0, 0.05) is 34.3 Å². The third kappa shape index (κ3) is 4.19. The SMILES string of the molecule is Cc1cc(C(=O)N2Cc3c(c(=O)n(-c4ccc5c(c4)ncn5C)c4c(CC(C)C)cnn34)C[C@@H]2C)ccc1Br. The fourth-order valence-corrected chi connectivity index (χ4v) is 5.93. The second-order valence-corrected chi connectivity index (χ2v) is 11.9. The maximum absolute atomic E-state index is 14.3. The number of hydrogen-bond acceptors (Lipinski definition) is 4. The number of aryl methyl sites for hydroxylation is 2. The molecule has 9 heteroatoms. The van der Waals surface area contributed by atoms with Gasteiger partial charge in [-0.25, -0.2) is 9.50 Å². The summed E-state index contributed by atoms with van der Waals surface area (Å²) in [5, 5.41) is 4.79. The Hall–Kier alpha value is -3.72. The number of amides is 1. The van der Waals surface area contributed by atoms with Gasteiger partial charge in [0.15, 0.2) is 0 Å². The molecule has 1 atom stereocenters. The highest BCUT2D eigenvalue weighted by Gasteiger charge is 2.33. The Morgan fingerprint density at radius 2 is 1.97 bits per heavy atom. The summed E-state index contributed by atoms with van der Waals surface area (Å²) in [5.41, 5.74) is 7.42. The van der Waals surface area contributed by atoms with E-state index in [2.05, 4.69) is 34.8 Å². The van der Waals surface area contributed by atoms with Gasteiger partial charge in [0.2, 0.25) is 0 Å². The molecule has 200 valence electrons. The van der Waals surface area contributed by atoms with Gasteiger partial charge in [-0.1, -0.05) is 29.8 Å². The average Bonchev–Trinajstić information content (AvgIpc) is 3.48. The number of aromatic nitrogens is 5.